The average molecular weight is 328 g/mol. The number of nitrogens with zero attached hydrogens (tertiary/aromatic N) is 1. The van der Waals surface area contributed by atoms with Gasteiger partial charge in [0, 0.05) is 18.8 Å². The quantitative estimate of drug-likeness (QED) is 0.769. The summed E-state index contributed by atoms with van der Waals surface area (Å²) in [5.74, 6) is 0. The molecule has 0 spiro atoms. The van der Waals surface area contributed by atoms with Gasteiger partial charge in [-0.2, -0.15) is 0 Å². The third-order valence-corrected chi connectivity index (χ3v) is 4.11. The van der Waals surface area contributed by atoms with Gasteiger partial charge in [-0.25, -0.2) is 0 Å². The van der Waals surface area contributed by atoms with Crippen LogP contribution in [0.3, 0.4) is 0 Å². The molecule has 2 nitrogen and oxygen atoms in total. The molecular weight excluding hydrogens is 304 g/mol. The highest BCUT2D eigenvalue weighted by molar-refractivity contribution is 6.07. The zero-order valence-electron chi connectivity index (χ0n) is 14.9. The molecular formula is C23H24N2. The third-order valence-electron chi connectivity index (χ3n) is 4.11. The van der Waals surface area contributed by atoms with Gasteiger partial charge in [-0.1, -0.05) is 54.6 Å². The van der Waals surface area contributed by atoms with Crippen LogP contribution in [0.1, 0.15) is 25.0 Å². The first-order chi connectivity index (χ1) is 12.3. The van der Waals surface area contributed by atoms with Crippen LogP contribution in [0, 0.1) is 0 Å². The Morgan fingerprint density at radius 2 is 1.44 bits per heavy atom. The van der Waals surface area contributed by atoms with Crippen LogP contribution in [-0.4, -0.2) is 18.8 Å². The summed E-state index contributed by atoms with van der Waals surface area (Å²) in [5, 5.41) is 3.35. The van der Waals surface area contributed by atoms with E-state index >= 15 is 0 Å². The van der Waals surface area contributed by atoms with Crippen LogP contribution in [0.25, 0.3) is 5.57 Å². The normalized spacial score (nSPS) is 13.0. The standard InChI is InChI=1S/C23H24N2/c1-3-24-21-14-10-19(11-15-21)23(18-8-6-5-7-9-18)20-12-16-22(17-13-20)25-4-2/h5-17,24H,3-4H2,1-2H3. The molecule has 0 saturated carbocycles. The number of rotatable bonds is 5. The average Bonchev–Trinajstić information content (AvgIpc) is 2.66. The fraction of sp³-hybridized carbons (Fsp3) is 0.174. The Morgan fingerprint density at radius 1 is 0.800 bits per heavy atom. The number of allylic oxidation sites excluding steroid dienone is 5. The summed E-state index contributed by atoms with van der Waals surface area (Å²) in [6.07, 6.45) is 8.51. The van der Waals surface area contributed by atoms with Crippen molar-refractivity contribution in [3.63, 3.8) is 0 Å². The second-order valence-corrected chi connectivity index (χ2v) is 5.87. The van der Waals surface area contributed by atoms with E-state index in [0.717, 1.165) is 24.5 Å². The van der Waals surface area contributed by atoms with Gasteiger partial charge in [0.1, 0.15) is 0 Å². The summed E-state index contributed by atoms with van der Waals surface area (Å²) in [6, 6.07) is 19.2. The smallest absolute Gasteiger partial charge is 0.0574 e. The second-order valence-electron chi connectivity index (χ2n) is 5.87. The molecule has 0 bridgehead atoms. The molecule has 1 aliphatic carbocycles. The van der Waals surface area contributed by atoms with Crippen molar-refractivity contribution >= 4 is 17.0 Å². The molecule has 0 heterocycles. The second kappa shape index (κ2) is 8.29. The molecule has 0 unspecified atom stereocenters. The van der Waals surface area contributed by atoms with Crippen molar-refractivity contribution in [2.75, 3.05) is 18.4 Å². The summed E-state index contributed by atoms with van der Waals surface area (Å²) < 4.78 is 0. The molecule has 2 aromatic rings. The highest BCUT2D eigenvalue weighted by Gasteiger charge is 2.11. The van der Waals surface area contributed by atoms with Crippen molar-refractivity contribution in [3.05, 3.63) is 95.6 Å². The molecule has 2 heteroatoms. The first kappa shape index (κ1) is 17.0. The molecule has 0 amide bonds. The monoisotopic (exact) mass is 328 g/mol. The first-order valence-corrected chi connectivity index (χ1v) is 8.86. The maximum atomic E-state index is 4.47. The predicted molar refractivity (Wildman–Crippen MR) is 109 cm³/mol. The molecule has 1 N–H and O–H groups in total. The molecule has 25 heavy (non-hydrogen) atoms. The first-order valence-electron chi connectivity index (χ1n) is 8.86. The third kappa shape index (κ3) is 4.16. The SMILES string of the molecule is CCN=C1C=CC(=C(c2ccccc2)c2ccc(NCC)cc2)C=C1. The van der Waals surface area contributed by atoms with E-state index in [1.807, 2.05) is 0 Å². The highest BCUT2D eigenvalue weighted by atomic mass is 14.8. The van der Waals surface area contributed by atoms with Crippen molar-refractivity contribution in [1.82, 2.24) is 0 Å². The van der Waals surface area contributed by atoms with Crippen LogP contribution in [-0.2, 0) is 0 Å². The van der Waals surface area contributed by atoms with Gasteiger partial charge in [0.05, 0.1) is 5.71 Å². The molecule has 0 radical (unpaired) electrons. The van der Waals surface area contributed by atoms with Crippen LogP contribution < -0.4 is 5.32 Å². The summed E-state index contributed by atoms with van der Waals surface area (Å²) in [7, 11) is 0. The topological polar surface area (TPSA) is 24.4 Å². The van der Waals surface area contributed by atoms with Gasteiger partial charge in [-0.15, -0.1) is 0 Å². The molecule has 1 aliphatic rings. The van der Waals surface area contributed by atoms with E-state index in [1.54, 1.807) is 0 Å². The maximum absolute atomic E-state index is 4.47. The van der Waals surface area contributed by atoms with Gasteiger partial charge in [-0.3, -0.25) is 4.99 Å². The Bertz CT molecular complexity index is 804. The van der Waals surface area contributed by atoms with Crippen LogP contribution in [0.2, 0.25) is 0 Å². The van der Waals surface area contributed by atoms with Crippen LogP contribution in [0.5, 0.6) is 0 Å². The van der Waals surface area contributed by atoms with E-state index in [-0.39, 0.29) is 0 Å². The molecule has 2 aromatic carbocycles. The van der Waals surface area contributed by atoms with E-state index in [2.05, 4.69) is 103 Å². The molecule has 0 atom stereocenters. The minimum absolute atomic E-state index is 0.806. The van der Waals surface area contributed by atoms with Crippen LogP contribution in [0.15, 0.2) is 89.5 Å². The minimum atomic E-state index is 0.806. The Kier molecular flexibility index (Phi) is 5.63. The Hall–Kier alpha value is -2.87. The van der Waals surface area contributed by atoms with Gasteiger partial charge in [-0.05, 0) is 60.4 Å². The number of hydrogen-bond acceptors (Lipinski definition) is 2. The molecule has 0 aromatic heterocycles. The van der Waals surface area contributed by atoms with Crippen LogP contribution >= 0.6 is 0 Å². The van der Waals surface area contributed by atoms with Gasteiger partial charge < -0.3 is 5.32 Å². The lowest BCUT2D eigenvalue weighted by Gasteiger charge is -2.15. The van der Waals surface area contributed by atoms with Crippen molar-refractivity contribution in [2.45, 2.75) is 13.8 Å². The van der Waals surface area contributed by atoms with Crippen LogP contribution in [0.4, 0.5) is 5.69 Å². The Morgan fingerprint density at radius 3 is 2.04 bits per heavy atom. The number of nitrogens with one attached hydrogen (secondary N) is 1. The van der Waals surface area contributed by atoms with Crippen molar-refractivity contribution < 1.29 is 0 Å². The van der Waals surface area contributed by atoms with Gasteiger partial charge in [0.2, 0.25) is 0 Å². The number of benzene rings is 2. The number of anilines is 1. The van der Waals surface area contributed by atoms with Crippen molar-refractivity contribution in [1.29, 1.82) is 0 Å². The molecule has 126 valence electrons. The lowest BCUT2D eigenvalue weighted by Crippen LogP contribution is -1.99. The zero-order valence-corrected chi connectivity index (χ0v) is 14.9. The van der Waals surface area contributed by atoms with Gasteiger partial charge >= 0.3 is 0 Å². The summed E-state index contributed by atoms with van der Waals surface area (Å²) in [4.78, 5) is 4.47. The van der Waals surface area contributed by atoms with Gasteiger partial charge in [0.15, 0.2) is 0 Å². The summed E-state index contributed by atoms with van der Waals surface area (Å²) >= 11 is 0. The van der Waals surface area contributed by atoms with E-state index in [1.165, 1.54) is 22.3 Å². The fourth-order valence-electron chi connectivity index (χ4n) is 2.98. The predicted octanol–water partition coefficient (Wildman–Crippen LogP) is 5.51. The molecule has 0 aliphatic heterocycles. The molecule has 0 fully saturated rings. The highest BCUT2D eigenvalue weighted by Crippen LogP contribution is 2.30. The fourth-order valence-corrected chi connectivity index (χ4v) is 2.98. The summed E-state index contributed by atoms with van der Waals surface area (Å²) in [5.41, 5.74) is 7.06. The lowest BCUT2D eigenvalue weighted by molar-refractivity contribution is 1.13. The lowest BCUT2D eigenvalue weighted by atomic mass is 9.91. The zero-order chi connectivity index (χ0) is 17.5. The molecule has 3 rings (SSSR count). The van der Waals surface area contributed by atoms with E-state index in [0.29, 0.717) is 0 Å². The number of aliphatic imine (C=N–C) groups is 1. The molecule has 0 saturated heterocycles. The summed E-state index contributed by atoms with van der Waals surface area (Å²) in [6.45, 7) is 5.90. The largest absolute Gasteiger partial charge is 0.385 e. The Balaban J connectivity index is 2.06. The Labute approximate surface area is 150 Å². The van der Waals surface area contributed by atoms with E-state index in [9.17, 15) is 0 Å². The minimum Gasteiger partial charge on any atom is -0.385 e. The van der Waals surface area contributed by atoms with E-state index in [4.69, 9.17) is 0 Å². The van der Waals surface area contributed by atoms with E-state index < -0.39 is 0 Å². The maximum Gasteiger partial charge on any atom is 0.0574 e. The number of hydrogen-bond donors (Lipinski definition) is 1. The van der Waals surface area contributed by atoms with Gasteiger partial charge in [0.25, 0.3) is 0 Å². The van der Waals surface area contributed by atoms with Crippen molar-refractivity contribution in [2.24, 2.45) is 4.99 Å². The van der Waals surface area contributed by atoms with Crippen molar-refractivity contribution in [3.8, 4) is 0 Å².